The molecule has 2 unspecified atom stereocenters. The third-order valence-electron chi connectivity index (χ3n) is 3.96. The second kappa shape index (κ2) is 6.76. The van der Waals surface area contributed by atoms with Crippen molar-refractivity contribution in [1.82, 2.24) is 10.3 Å². The lowest BCUT2D eigenvalue weighted by Gasteiger charge is -2.32. The van der Waals surface area contributed by atoms with E-state index in [0.29, 0.717) is 6.04 Å². The Morgan fingerprint density at radius 2 is 1.90 bits per heavy atom. The molecule has 20 heavy (non-hydrogen) atoms. The molecule has 1 fully saturated rings. The number of hydrogen-bond donors (Lipinski definition) is 1. The number of nitrogens with zero attached hydrogens (tertiary/aromatic N) is 2. The van der Waals surface area contributed by atoms with Crippen molar-refractivity contribution in [3.05, 3.63) is 4.88 Å². The summed E-state index contributed by atoms with van der Waals surface area (Å²) in [5, 5.41) is 4.70. The molecule has 5 heteroatoms. The van der Waals surface area contributed by atoms with Crippen molar-refractivity contribution in [2.24, 2.45) is 11.8 Å². The number of ether oxygens (including phenoxy) is 1. The molecule has 1 aliphatic rings. The van der Waals surface area contributed by atoms with Crippen LogP contribution in [0, 0.1) is 11.8 Å². The van der Waals surface area contributed by atoms with E-state index in [-0.39, 0.29) is 0 Å². The topological polar surface area (TPSA) is 37.4 Å². The summed E-state index contributed by atoms with van der Waals surface area (Å²) in [6, 6.07) is 0.628. The van der Waals surface area contributed by atoms with Crippen LogP contribution in [-0.4, -0.2) is 32.2 Å². The van der Waals surface area contributed by atoms with Gasteiger partial charge >= 0.3 is 0 Å². The monoisotopic (exact) mass is 297 g/mol. The minimum atomic E-state index is 0.628. The molecule has 1 aromatic heterocycles. The minimum absolute atomic E-state index is 0.628. The molecule has 1 N–H and O–H groups in total. The van der Waals surface area contributed by atoms with Gasteiger partial charge in [-0.3, -0.25) is 0 Å². The van der Waals surface area contributed by atoms with Crippen LogP contribution in [0.2, 0.25) is 0 Å². The zero-order valence-corrected chi connectivity index (χ0v) is 14.1. The molecular weight excluding hydrogens is 270 g/mol. The molecule has 4 nitrogen and oxygen atoms in total. The summed E-state index contributed by atoms with van der Waals surface area (Å²) in [5.74, 6) is 2.43. The van der Waals surface area contributed by atoms with Crippen molar-refractivity contribution in [1.29, 1.82) is 0 Å². The van der Waals surface area contributed by atoms with Crippen LogP contribution in [0.15, 0.2) is 0 Å². The maximum atomic E-state index is 5.39. The summed E-state index contributed by atoms with van der Waals surface area (Å²) in [7, 11) is 5.72. The van der Waals surface area contributed by atoms with Gasteiger partial charge in [-0.15, -0.1) is 0 Å². The molecule has 0 aliphatic heterocycles. The predicted molar refractivity (Wildman–Crippen MR) is 85.8 cm³/mol. The first-order valence-electron chi connectivity index (χ1n) is 7.44. The van der Waals surface area contributed by atoms with E-state index in [2.05, 4.69) is 24.1 Å². The van der Waals surface area contributed by atoms with Crippen LogP contribution >= 0.6 is 11.3 Å². The molecule has 2 rings (SSSR count). The van der Waals surface area contributed by atoms with E-state index in [4.69, 9.17) is 4.74 Å². The predicted octanol–water partition coefficient (Wildman–Crippen LogP) is 3.13. The van der Waals surface area contributed by atoms with E-state index in [1.54, 1.807) is 18.4 Å². The smallest absolute Gasteiger partial charge is 0.230 e. The molecule has 2 atom stereocenters. The zero-order valence-electron chi connectivity index (χ0n) is 13.3. The van der Waals surface area contributed by atoms with Crippen molar-refractivity contribution in [3.63, 3.8) is 0 Å². The SMILES string of the molecule is COc1nc(N(C)C)sc1CNC1CC(C)CC(C)C1. The van der Waals surface area contributed by atoms with Crippen LogP contribution in [0.4, 0.5) is 5.13 Å². The molecule has 0 bridgehead atoms. The Balaban J connectivity index is 1.96. The van der Waals surface area contributed by atoms with Gasteiger partial charge < -0.3 is 15.0 Å². The van der Waals surface area contributed by atoms with E-state index in [9.17, 15) is 0 Å². The highest BCUT2D eigenvalue weighted by atomic mass is 32.1. The molecule has 0 saturated heterocycles. The Hall–Kier alpha value is -0.810. The summed E-state index contributed by atoms with van der Waals surface area (Å²) in [4.78, 5) is 7.73. The molecule has 1 heterocycles. The summed E-state index contributed by atoms with van der Waals surface area (Å²) in [5.41, 5.74) is 0. The fraction of sp³-hybridized carbons (Fsp3) is 0.800. The van der Waals surface area contributed by atoms with E-state index in [1.165, 1.54) is 24.1 Å². The fourth-order valence-corrected chi connectivity index (χ4v) is 4.04. The number of rotatable bonds is 5. The van der Waals surface area contributed by atoms with Crippen molar-refractivity contribution in [3.8, 4) is 5.88 Å². The molecule has 1 saturated carbocycles. The van der Waals surface area contributed by atoms with Gasteiger partial charge in [0.2, 0.25) is 5.88 Å². The number of nitrogens with one attached hydrogen (secondary N) is 1. The summed E-state index contributed by atoms with van der Waals surface area (Å²) < 4.78 is 5.39. The number of methoxy groups -OCH3 is 1. The first kappa shape index (κ1) is 15.6. The first-order chi connectivity index (χ1) is 9.49. The second-order valence-electron chi connectivity index (χ2n) is 6.32. The lowest BCUT2D eigenvalue weighted by Crippen LogP contribution is -2.35. The van der Waals surface area contributed by atoms with Gasteiger partial charge in [0, 0.05) is 26.7 Å². The number of thiazole rings is 1. The maximum absolute atomic E-state index is 5.39. The normalized spacial score (nSPS) is 26.6. The van der Waals surface area contributed by atoms with Gasteiger partial charge in [-0.2, -0.15) is 4.98 Å². The second-order valence-corrected chi connectivity index (χ2v) is 7.38. The highest BCUT2D eigenvalue weighted by molar-refractivity contribution is 7.15. The molecule has 0 spiro atoms. The molecule has 0 aromatic carbocycles. The quantitative estimate of drug-likeness (QED) is 0.906. The lowest BCUT2D eigenvalue weighted by molar-refractivity contribution is 0.238. The number of anilines is 1. The Morgan fingerprint density at radius 1 is 1.25 bits per heavy atom. The van der Waals surface area contributed by atoms with Crippen LogP contribution in [0.1, 0.15) is 38.0 Å². The average molecular weight is 297 g/mol. The maximum Gasteiger partial charge on any atom is 0.230 e. The largest absolute Gasteiger partial charge is 0.480 e. The Bertz CT molecular complexity index is 423. The van der Waals surface area contributed by atoms with Crippen molar-refractivity contribution < 1.29 is 4.74 Å². The van der Waals surface area contributed by atoms with Crippen LogP contribution in [0.5, 0.6) is 5.88 Å². The lowest BCUT2D eigenvalue weighted by atomic mass is 9.80. The van der Waals surface area contributed by atoms with Gasteiger partial charge in [0.15, 0.2) is 5.13 Å². The van der Waals surface area contributed by atoms with Gasteiger partial charge in [0.05, 0.1) is 12.0 Å². The van der Waals surface area contributed by atoms with Crippen LogP contribution < -0.4 is 15.0 Å². The summed E-state index contributed by atoms with van der Waals surface area (Å²) in [6.07, 6.45) is 3.94. The highest BCUT2D eigenvalue weighted by Gasteiger charge is 2.24. The Labute approximate surface area is 126 Å². The first-order valence-corrected chi connectivity index (χ1v) is 8.25. The van der Waals surface area contributed by atoms with E-state index < -0.39 is 0 Å². The minimum Gasteiger partial charge on any atom is -0.480 e. The summed E-state index contributed by atoms with van der Waals surface area (Å²) in [6.45, 7) is 5.59. The number of aromatic nitrogens is 1. The molecule has 0 radical (unpaired) electrons. The fourth-order valence-electron chi connectivity index (χ4n) is 3.14. The number of hydrogen-bond acceptors (Lipinski definition) is 5. The van der Waals surface area contributed by atoms with Crippen LogP contribution in [0.3, 0.4) is 0 Å². The van der Waals surface area contributed by atoms with Gasteiger partial charge in [0.1, 0.15) is 0 Å². The molecule has 1 aliphatic carbocycles. The molecular formula is C15H27N3OS. The molecule has 1 aromatic rings. The van der Waals surface area contributed by atoms with E-state index >= 15 is 0 Å². The highest BCUT2D eigenvalue weighted by Crippen LogP contribution is 2.32. The molecule has 0 amide bonds. The third-order valence-corrected chi connectivity index (χ3v) is 5.16. The Morgan fingerprint density at radius 3 is 2.45 bits per heavy atom. The average Bonchev–Trinajstić information content (AvgIpc) is 2.78. The van der Waals surface area contributed by atoms with Crippen molar-refractivity contribution >= 4 is 16.5 Å². The van der Waals surface area contributed by atoms with Gasteiger partial charge in [-0.25, -0.2) is 0 Å². The van der Waals surface area contributed by atoms with Gasteiger partial charge in [-0.05, 0) is 31.1 Å². The van der Waals surface area contributed by atoms with E-state index in [1.807, 2.05) is 19.0 Å². The zero-order chi connectivity index (χ0) is 14.7. The van der Waals surface area contributed by atoms with Crippen LogP contribution in [-0.2, 0) is 6.54 Å². The van der Waals surface area contributed by atoms with Crippen molar-refractivity contribution in [2.45, 2.75) is 45.7 Å². The third kappa shape index (κ3) is 3.85. The molecule has 114 valence electrons. The van der Waals surface area contributed by atoms with Gasteiger partial charge in [-0.1, -0.05) is 25.2 Å². The van der Waals surface area contributed by atoms with Crippen molar-refractivity contribution in [2.75, 3.05) is 26.1 Å². The Kier molecular flexibility index (Phi) is 5.27. The van der Waals surface area contributed by atoms with Crippen LogP contribution in [0.25, 0.3) is 0 Å². The van der Waals surface area contributed by atoms with E-state index in [0.717, 1.165) is 29.4 Å². The standard InChI is InChI=1S/C15H27N3OS/c1-10-6-11(2)8-12(7-10)16-9-13-14(19-5)17-15(20-13)18(3)4/h10-12,16H,6-9H2,1-5H3. The van der Waals surface area contributed by atoms with Gasteiger partial charge in [0.25, 0.3) is 0 Å². The summed E-state index contributed by atoms with van der Waals surface area (Å²) >= 11 is 1.71.